The smallest absolute Gasteiger partial charge is 0.179 e. The van der Waals surface area contributed by atoms with Crippen LogP contribution < -0.4 is 0 Å². The van der Waals surface area contributed by atoms with E-state index in [9.17, 15) is 4.79 Å². The largest absolute Gasteiger partial charge is 0.296 e. The maximum Gasteiger partial charge on any atom is 0.179 e. The first-order valence-corrected chi connectivity index (χ1v) is 5.50. The molecule has 1 heterocycles. The molecule has 1 rings (SSSR count). The Morgan fingerprint density at radius 2 is 2.31 bits per heavy atom. The fourth-order valence-electron chi connectivity index (χ4n) is 1.72. The number of rotatable bonds is 3. The van der Waals surface area contributed by atoms with Gasteiger partial charge < -0.3 is 0 Å². The molecule has 0 aromatic carbocycles. The highest BCUT2D eigenvalue weighted by Gasteiger charge is 2.20. The molecule has 1 fully saturated rings. The lowest BCUT2D eigenvalue weighted by molar-refractivity contribution is -0.118. The number of hydrogen-bond donors (Lipinski definition) is 0. The number of ketones is 1. The molecule has 13 heavy (non-hydrogen) atoms. The Hall–Kier alpha value is 0.210. The minimum absolute atomic E-state index is 0.0857. The van der Waals surface area contributed by atoms with Crippen molar-refractivity contribution in [2.45, 2.75) is 24.6 Å². The highest BCUT2D eigenvalue weighted by atomic mass is 35.5. The molecule has 2 nitrogen and oxygen atoms in total. The van der Waals surface area contributed by atoms with Crippen LogP contribution in [0.25, 0.3) is 0 Å². The monoisotopic (exact) mass is 223 g/mol. The molecular weight excluding hydrogens is 209 g/mol. The van der Waals surface area contributed by atoms with Gasteiger partial charge in [0.15, 0.2) is 10.6 Å². The Balaban J connectivity index is 2.31. The van der Waals surface area contributed by atoms with Crippen molar-refractivity contribution in [1.82, 2.24) is 4.90 Å². The molecule has 0 saturated carbocycles. The molecule has 0 bridgehead atoms. The van der Waals surface area contributed by atoms with E-state index in [1.807, 2.05) is 0 Å². The van der Waals surface area contributed by atoms with E-state index in [-0.39, 0.29) is 5.78 Å². The van der Waals surface area contributed by atoms with Crippen molar-refractivity contribution >= 4 is 29.0 Å². The molecule has 1 saturated heterocycles. The lowest BCUT2D eigenvalue weighted by atomic mass is 10.0. The summed E-state index contributed by atoms with van der Waals surface area (Å²) in [5.41, 5.74) is 0. The van der Waals surface area contributed by atoms with E-state index in [2.05, 4.69) is 11.8 Å². The van der Waals surface area contributed by atoms with Crippen LogP contribution in [0.4, 0.5) is 0 Å². The number of carbonyl (C=O) groups is 1. The van der Waals surface area contributed by atoms with Crippen LogP contribution in [0.15, 0.2) is 0 Å². The average molecular weight is 224 g/mol. The second-order valence-electron chi connectivity index (χ2n) is 3.75. The topological polar surface area (TPSA) is 20.3 Å². The highest BCUT2D eigenvalue weighted by molar-refractivity contribution is 6.53. The normalized spacial score (nSPS) is 25.1. The van der Waals surface area contributed by atoms with E-state index >= 15 is 0 Å². The second kappa shape index (κ2) is 5.18. The van der Waals surface area contributed by atoms with E-state index in [4.69, 9.17) is 23.2 Å². The number of Topliss-reactive ketones (excluding diaryl/α,β-unsaturated/α-hetero) is 1. The van der Waals surface area contributed by atoms with E-state index < -0.39 is 4.84 Å². The molecule has 76 valence electrons. The zero-order valence-corrected chi connectivity index (χ0v) is 9.31. The predicted molar refractivity (Wildman–Crippen MR) is 55.3 cm³/mol. The number of hydrogen-bond acceptors (Lipinski definition) is 2. The lowest BCUT2D eigenvalue weighted by Crippen LogP contribution is -2.39. The zero-order chi connectivity index (χ0) is 9.84. The number of likely N-dealkylation sites (tertiary alicyclic amines) is 1. The van der Waals surface area contributed by atoms with Gasteiger partial charge >= 0.3 is 0 Å². The number of nitrogens with zero attached hydrogens (tertiary/aromatic N) is 1. The molecule has 0 aromatic rings. The minimum atomic E-state index is -0.864. The molecule has 0 N–H and O–H groups in total. The van der Waals surface area contributed by atoms with Gasteiger partial charge in [-0.3, -0.25) is 9.69 Å². The van der Waals surface area contributed by atoms with Crippen LogP contribution in [0, 0.1) is 5.92 Å². The molecule has 0 radical (unpaired) electrons. The van der Waals surface area contributed by atoms with Crippen molar-refractivity contribution in [2.24, 2.45) is 5.92 Å². The fraction of sp³-hybridized carbons (Fsp3) is 0.889. The summed E-state index contributed by atoms with van der Waals surface area (Å²) >= 11 is 10.9. The summed E-state index contributed by atoms with van der Waals surface area (Å²) in [6.45, 7) is 4.60. The summed E-state index contributed by atoms with van der Waals surface area (Å²) in [6.07, 6.45) is 2.43. The van der Waals surface area contributed by atoms with Crippen LogP contribution in [-0.2, 0) is 4.79 Å². The number of alkyl halides is 2. The molecule has 1 aliphatic heterocycles. The van der Waals surface area contributed by atoms with Gasteiger partial charge in [-0.05, 0) is 25.3 Å². The molecule has 0 aromatic heterocycles. The van der Waals surface area contributed by atoms with Crippen molar-refractivity contribution < 1.29 is 4.79 Å². The van der Waals surface area contributed by atoms with Gasteiger partial charge in [-0.2, -0.15) is 0 Å². The van der Waals surface area contributed by atoms with Gasteiger partial charge in [0.1, 0.15) is 0 Å². The molecule has 1 unspecified atom stereocenters. The lowest BCUT2D eigenvalue weighted by Gasteiger charge is -2.30. The Morgan fingerprint density at radius 3 is 2.85 bits per heavy atom. The van der Waals surface area contributed by atoms with Crippen LogP contribution in [0.5, 0.6) is 0 Å². The third-order valence-corrected chi connectivity index (χ3v) is 2.85. The van der Waals surface area contributed by atoms with Gasteiger partial charge in [-0.1, -0.05) is 30.1 Å². The first-order valence-electron chi connectivity index (χ1n) is 4.63. The summed E-state index contributed by atoms with van der Waals surface area (Å²) in [6, 6.07) is 0. The second-order valence-corrected chi connectivity index (χ2v) is 4.85. The SMILES string of the molecule is CC1CCCN(CC(=O)C(Cl)Cl)C1. The van der Waals surface area contributed by atoms with Gasteiger partial charge in [0.2, 0.25) is 0 Å². The van der Waals surface area contributed by atoms with Crippen molar-refractivity contribution in [1.29, 1.82) is 0 Å². The molecule has 0 aliphatic carbocycles. The van der Waals surface area contributed by atoms with Crippen molar-refractivity contribution in [3.63, 3.8) is 0 Å². The first-order chi connectivity index (χ1) is 6.09. The molecule has 4 heteroatoms. The van der Waals surface area contributed by atoms with Crippen LogP contribution >= 0.6 is 23.2 Å². The summed E-state index contributed by atoms with van der Waals surface area (Å²) in [5.74, 6) is 0.600. The van der Waals surface area contributed by atoms with Gasteiger partial charge in [0.25, 0.3) is 0 Å². The summed E-state index contributed by atoms with van der Waals surface area (Å²) in [5, 5.41) is 0. The molecular formula is C9H15Cl2NO. The molecule has 0 spiro atoms. The van der Waals surface area contributed by atoms with Gasteiger partial charge in [-0.25, -0.2) is 0 Å². The van der Waals surface area contributed by atoms with E-state index in [1.54, 1.807) is 0 Å². The Bertz CT molecular complexity index is 184. The Labute approximate surface area is 89.2 Å². The molecule has 0 amide bonds. The number of piperidine rings is 1. The summed E-state index contributed by atoms with van der Waals surface area (Å²) < 4.78 is 0. The van der Waals surface area contributed by atoms with E-state index in [0.29, 0.717) is 12.5 Å². The quantitative estimate of drug-likeness (QED) is 0.684. The van der Waals surface area contributed by atoms with E-state index in [1.165, 1.54) is 12.8 Å². The van der Waals surface area contributed by atoms with Gasteiger partial charge in [0, 0.05) is 6.54 Å². The number of halogens is 2. The van der Waals surface area contributed by atoms with E-state index in [0.717, 1.165) is 13.1 Å². The Kier molecular flexibility index (Phi) is 4.50. The predicted octanol–water partition coefficient (Wildman–Crippen LogP) is 2.09. The Morgan fingerprint density at radius 1 is 1.62 bits per heavy atom. The third-order valence-electron chi connectivity index (χ3n) is 2.36. The maximum atomic E-state index is 11.2. The molecule has 1 aliphatic rings. The third kappa shape index (κ3) is 3.84. The standard InChI is InChI=1S/C9H15Cl2NO/c1-7-3-2-4-12(5-7)6-8(13)9(10)11/h7,9H,2-6H2,1H3. The summed E-state index contributed by atoms with van der Waals surface area (Å²) in [7, 11) is 0. The zero-order valence-electron chi connectivity index (χ0n) is 7.80. The maximum absolute atomic E-state index is 11.2. The van der Waals surface area contributed by atoms with Crippen LogP contribution in [-0.4, -0.2) is 35.2 Å². The van der Waals surface area contributed by atoms with Crippen molar-refractivity contribution in [3.05, 3.63) is 0 Å². The van der Waals surface area contributed by atoms with Crippen LogP contribution in [0.1, 0.15) is 19.8 Å². The highest BCUT2D eigenvalue weighted by Crippen LogP contribution is 2.16. The van der Waals surface area contributed by atoms with Crippen LogP contribution in [0.3, 0.4) is 0 Å². The minimum Gasteiger partial charge on any atom is -0.296 e. The number of carbonyl (C=O) groups excluding carboxylic acids is 1. The fourth-order valence-corrected chi connectivity index (χ4v) is 1.86. The van der Waals surface area contributed by atoms with Gasteiger partial charge in [-0.15, -0.1) is 0 Å². The first kappa shape index (κ1) is 11.3. The van der Waals surface area contributed by atoms with Crippen molar-refractivity contribution in [3.8, 4) is 0 Å². The van der Waals surface area contributed by atoms with Gasteiger partial charge in [0.05, 0.1) is 6.54 Å². The van der Waals surface area contributed by atoms with Crippen LogP contribution in [0.2, 0.25) is 0 Å². The average Bonchev–Trinajstić information content (AvgIpc) is 2.04. The molecule has 1 atom stereocenters. The van der Waals surface area contributed by atoms with Crippen molar-refractivity contribution in [2.75, 3.05) is 19.6 Å². The summed E-state index contributed by atoms with van der Waals surface area (Å²) in [4.78, 5) is 12.5.